The largest absolute Gasteiger partial charge is 0.480 e. The van der Waals surface area contributed by atoms with Gasteiger partial charge in [-0.1, -0.05) is 26.0 Å². The molecule has 3 nitrogen and oxygen atoms in total. The minimum Gasteiger partial charge on any atom is -0.480 e. The molecule has 1 aromatic heterocycles. The summed E-state index contributed by atoms with van der Waals surface area (Å²) in [6.45, 7) is 3.97. The van der Waals surface area contributed by atoms with Gasteiger partial charge in [-0.05, 0) is 18.1 Å². The number of hydrogen-bond donors (Lipinski definition) is 0. The molecule has 0 amide bonds. The van der Waals surface area contributed by atoms with E-state index in [0.29, 0.717) is 27.7 Å². The zero-order chi connectivity index (χ0) is 14.7. The van der Waals surface area contributed by atoms with Crippen molar-refractivity contribution < 1.29 is 13.9 Å². The third-order valence-corrected chi connectivity index (χ3v) is 3.83. The Hall–Kier alpha value is -1.75. The minimum absolute atomic E-state index is 0.0111. The van der Waals surface area contributed by atoms with Gasteiger partial charge in [-0.3, -0.25) is 4.79 Å². The van der Waals surface area contributed by atoms with Gasteiger partial charge in [-0.25, -0.2) is 9.37 Å². The van der Waals surface area contributed by atoms with E-state index in [2.05, 4.69) is 4.98 Å². The molecular formula is C15H16FNO2S. The molecule has 2 aromatic rings. The van der Waals surface area contributed by atoms with E-state index in [0.717, 1.165) is 0 Å². The summed E-state index contributed by atoms with van der Waals surface area (Å²) < 4.78 is 18.4. The van der Waals surface area contributed by atoms with Crippen LogP contribution < -0.4 is 4.74 Å². The first-order valence-electron chi connectivity index (χ1n) is 6.35. The van der Waals surface area contributed by atoms with Crippen LogP contribution in [0.1, 0.15) is 29.9 Å². The highest BCUT2D eigenvalue weighted by Gasteiger charge is 2.20. The highest BCUT2D eigenvalue weighted by atomic mass is 32.1. The number of thiazole rings is 1. The molecule has 0 bridgehead atoms. The van der Waals surface area contributed by atoms with Crippen molar-refractivity contribution in [1.29, 1.82) is 0 Å². The highest BCUT2D eigenvalue weighted by molar-refractivity contribution is 7.17. The Morgan fingerprint density at radius 2 is 2.20 bits per heavy atom. The van der Waals surface area contributed by atoms with Gasteiger partial charge < -0.3 is 4.74 Å². The number of carbonyl (C=O) groups excluding carboxylic acids is 1. The van der Waals surface area contributed by atoms with E-state index in [9.17, 15) is 9.18 Å². The number of rotatable bonds is 5. The summed E-state index contributed by atoms with van der Waals surface area (Å²) in [5.41, 5.74) is 0.650. The van der Waals surface area contributed by atoms with Gasteiger partial charge in [0.15, 0.2) is 5.78 Å². The van der Waals surface area contributed by atoms with Crippen molar-refractivity contribution in [2.45, 2.75) is 20.3 Å². The number of ketones is 1. The molecule has 20 heavy (non-hydrogen) atoms. The number of nitrogens with zero attached hydrogens (tertiary/aromatic N) is 1. The van der Waals surface area contributed by atoms with Crippen molar-refractivity contribution >= 4 is 17.1 Å². The molecule has 0 fully saturated rings. The van der Waals surface area contributed by atoms with Gasteiger partial charge >= 0.3 is 0 Å². The van der Waals surface area contributed by atoms with E-state index in [1.165, 1.54) is 30.6 Å². The van der Waals surface area contributed by atoms with Crippen molar-refractivity contribution in [3.8, 4) is 16.5 Å². The van der Waals surface area contributed by atoms with E-state index < -0.39 is 0 Å². The van der Waals surface area contributed by atoms with Crippen molar-refractivity contribution in [2.24, 2.45) is 5.92 Å². The van der Waals surface area contributed by atoms with Gasteiger partial charge in [0.2, 0.25) is 5.88 Å². The van der Waals surface area contributed by atoms with Gasteiger partial charge in [0, 0.05) is 12.0 Å². The molecule has 0 saturated carbocycles. The topological polar surface area (TPSA) is 39.2 Å². The summed E-state index contributed by atoms with van der Waals surface area (Å²) >= 11 is 1.24. The molecule has 0 aliphatic carbocycles. The lowest BCUT2D eigenvalue weighted by molar-refractivity contribution is 0.0968. The Bertz CT molecular complexity index is 622. The maximum absolute atomic E-state index is 13.3. The van der Waals surface area contributed by atoms with Gasteiger partial charge in [-0.15, -0.1) is 11.3 Å². The van der Waals surface area contributed by atoms with Crippen molar-refractivity contribution in [3.63, 3.8) is 0 Å². The van der Waals surface area contributed by atoms with E-state index in [1.54, 1.807) is 12.1 Å². The molecule has 0 radical (unpaired) electrons. The van der Waals surface area contributed by atoms with Crippen molar-refractivity contribution in [3.05, 3.63) is 35.0 Å². The minimum atomic E-state index is -0.327. The summed E-state index contributed by atoms with van der Waals surface area (Å²) in [5.74, 6) is 0.274. The number of benzene rings is 1. The number of halogens is 1. The number of methoxy groups -OCH3 is 1. The average Bonchev–Trinajstić information content (AvgIpc) is 2.82. The van der Waals surface area contributed by atoms with Gasteiger partial charge in [0.25, 0.3) is 0 Å². The Kier molecular flexibility index (Phi) is 4.49. The molecule has 106 valence electrons. The third-order valence-electron chi connectivity index (χ3n) is 2.71. The standard InChI is InChI=1S/C15H16FNO2S/c1-9(2)7-12(18)13-14(19-3)17-15(20-13)10-5-4-6-11(16)8-10/h4-6,8-9H,7H2,1-3H3. The van der Waals surface area contributed by atoms with E-state index in [-0.39, 0.29) is 17.5 Å². The number of aromatic nitrogens is 1. The van der Waals surface area contributed by atoms with Gasteiger partial charge in [0.1, 0.15) is 15.7 Å². The maximum Gasteiger partial charge on any atom is 0.236 e. The molecule has 1 aromatic carbocycles. The Morgan fingerprint density at radius 3 is 2.80 bits per heavy atom. The second kappa shape index (κ2) is 6.13. The molecule has 0 atom stereocenters. The zero-order valence-electron chi connectivity index (χ0n) is 11.6. The third kappa shape index (κ3) is 3.22. The summed E-state index contributed by atoms with van der Waals surface area (Å²) in [6, 6.07) is 6.15. The second-order valence-corrected chi connectivity index (χ2v) is 5.89. The van der Waals surface area contributed by atoms with Crippen LogP contribution in [0.15, 0.2) is 24.3 Å². The summed E-state index contributed by atoms with van der Waals surface area (Å²) in [4.78, 5) is 16.9. The first kappa shape index (κ1) is 14.7. The van der Waals surface area contributed by atoms with Crippen molar-refractivity contribution in [2.75, 3.05) is 7.11 Å². The maximum atomic E-state index is 13.3. The van der Waals surface area contributed by atoms with Crippen LogP contribution in [0, 0.1) is 11.7 Å². The second-order valence-electron chi connectivity index (χ2n) is 4.89. The fourth-order valence-corrected chi connectivity index (χ4v) is 2.81. The quantitative estimate of drug-likeness (QED) is 0.776. The number of hydrogen-bond acceptors (Lipinski definition) is 4. The van der Waals surface area contributed by atoms with Crippen LogP contribution in [-0.2, 0) is 0 Å². The Labute approximate surface area is 121 Å². The number of carbonyl (C=O) groups is 1. The van der Waals surface area contributed by atoms with Gasteiger partial charge in [-0.2, -0.15) is 0 Å². The van der Waals surface area contributed by atoms with Crippen LogP contribution in [-0.4, -0.2) is 17.9 Å². The lowest BCUT2D eigenvalue weighted by atomic mass is 10.1. The highest BCUT2D eigenvalue weighted by Crippen LogP contribution is 2.33. The number of ether oxygens (including phenoxy) is 1. The summed E-state index contributed by atoms with van der Waals surface area (Å²) in [5, 5.41) is 0.591. The van der Waals surface area contributed by atoms with Crippen LogP contribution >= 0.6 is 11.3 Å². The molecule has 0 unspecified atom stereocenters. The monoisotopic (exact) mass is 293 g/mol. The van der Waals surface area contributed by atoms with Crippen LogP contribution in [0.2, 0.25) is 0 Å². The molecule has 0 aliphatic rings. The van der Waals surface area contributed by atoms with Crippen LogP contribution in [0.3, 0.4) is 0 Å². The fourth-order valence-electron chi connectivity index (χ4n) is 1.83. The van der Waals surface area contributed by atoms with Crippen LogP contribution in [0.5, 0.6) is 5.88 Å². The van der Waals surface area contributed by atoms with E-state index in [1.807, 2.05) is 13.8 Å². The average molecular weight is 293 g/mol. The fraction of sp³-hybridized carbons (Fsp3) is 0.333. The predicted octanol–water partition coefficient (Wildman–Crippen LogP) is 4.19. The van der Waals surface area contributed by atoms with Gasteiger partial charge in [0.05, 0.1) is 7.11 Å². The molecule has 0 saturated heterocycles. The molecule has 1 heterocycles. The first-order chi connectivity index (χ1) is 9.51. The molecule has 0 N–H and O–H groups in total. The van der Waals surface area contributed by atoms with Crippen molar-refractivity contribution in [1.82, 2.24) is 4.98 Å². The summed E-state index contributed by atoms with van der Waals surface area (Å²) in [7, 11) is 1.48. The van der Waals surface area contributed by atoms with E-state index in [4.69, 9.17) is 4.74 Å². The number of Topliss-reactive ketones (excluding diaryl/α,β-unsaturated/α-hetero) is 1. The Morgan fingerprint density at radius 1 is 1.45 bits per heavy atom. The summed E-state index contributed by atoms with van der Waals surface area (Å²) in [6.07, 6.45) is 0.446. The molecule has 0 spiro atoms. The molecule has 2 rings (SSSR count). The first-order valence-corrected chi connectivity index (χ1v) is 7.17. The lowest BCUT2D eigenvalue weighted by Crippen LogP contribution is -2.03. The molecule has 0 aliphatic heterocycles. The van der Waals surface area contributed by atoms with E-state index >= 15 is 0 Å². The van der Waals surface area contributed by atoms with Crippen LogP contribution in [0.25, 0.3) is 10.6 Å². The van der Waals surface area contributed by atoms with Crippen LogP contribution in [0.4, 0.5) is 4.39 Å². The zero-order valence-corrected chi connectivity index (χ0v) is 12.5. The predicted molar refractivity (Wildman–Crippen MR) is 77.8 cm³/mol. The lowest BCUT2D eigenvalue weighted by Gasteiger charge is -2.02. The molecule has 5 heteroatoms. The smallest absolute Gasteiger partial charge is 0.236 e. The SMILES string of the molecule is COc1nc(-c2cccc(F)c2)sc1C(=O)CC(C)C. The molecular weight excluding hydrogens is 277 g/mol. The Balaban J connectivity index is 2.38. The normalized spacial score (nSPS) is 10.8.